The zero-order valence-electron chi connectivity index (χ0n) is 7.46. The van der Waals surface area contributed by atoms with Gasteiger partial charge >= 0.3 is 5.97 Å². The van der Waals surface area contributed by atoms with Crippen LogP contribution in [0.2, 0.25) is 0 Å². The van der Waals surface area contributed by atoms with Crippen LogP contribution >= 0.6 is 31.9 Å². The highest BCUT2D eigenvalue weighted by atomic mass is 79.9. The van der Waals surface area contributed by atoms with E-state index in [1.807, 2.05) is 0 Å². The molecule has 1 aromatic carbocycles. The lowest BCUT2D eigenvalue weighted by molar-refractivity contribution is -0.135. The molecule has 0 atom stereocenters. The fraction of sp³-hybridized carbons (Fsp3) is 0.111. The number of aliphatic carboxylic acids is 1. The average molecular weight is 337 g/mol. The van der Waals surface area contributed by atoms with E-state index < -0.39 is 11.9 Å². The summed E-state index contributed by atoms with van der Waals surface area (Å²) in [6, 6.07) is 5.01. The van der Waals surface area contributed by atoms with Gasteiger partial charge in [0.05, 0.1) is 0 Å². The second-order valence-electron chi connectivity index (χ2n) is 2.73. The number of benzene rings is 1. The van der Waals surface area contributed by atoms with E-state index in [4.69, 9.17) is 5.11 Å². The second-order valence-corrected chi connectivity index (χ2v) is 4.57. The van der Waals surface area contributed by atoms with E-state index in [2.05, 4.69) is 37.2 Å². The molecule has 0 saturated heterocycles. The van der Waals surface area contributed by atoms with Gasteiger partial charge in [0.2, 0.25) is 0 Å². The Morgan fingerprint density at radius 2 is 1.73 bits per heavy atom. The largest absolute Gasteiger partial charge is 0.480 e. The summed E-state index contributed by atoms with van der Waals surface area (Å²) in [7, 11) is 0. The third-order valence-corrected chi connectivity index (χ3v) is 2.44. The van der Waals surface area contributed by atoms with Crippen LogP contribution in [0.1, 0.15) is 10.4 Å². The van der Waals surface area contributed by atoms with Crippen molar-refractivity contribution in [2.24, 2.45) is 0 Å². The molecule has 6 heteroatoms. The monoisotopic (exact) mass is 335 g/mol. The highest BCUT2D eigenvalue weighted by Crippen LogP contribution is 2.19. The fourth-order valence-electron chi connectivity index (χ4n) is 0.943. The summed E-state index contributed by atoms with van der Waals surface area (Å²) in [4.78, 5) is 21.7. The summed E-state index contributed by atoms with van der Waals surface area (Å²) in [5, 5.41) is 10.7. The van der Waals surface area contributed by atoms with Crippen LogP contribution in [0.25, 0.3) is 0 Å². The highest BCUT2D eigenvalue weighted by Gasteiger charge is 2.08. The predicted molar refractivity (Wildman–Crippen MR) is 61.8 cm³/mol. The topological polar surface area (TPSA) is 66.4 Å². The first-order valence-corrected chi connectivity index (χ1v) is 5.53. The first-order chi connectivity index (χ1) is 6.99. The molecule has 1 aromatic rings. The van der Waals surface area contributed by atoms with E-state index in [1.54, 1.807) is 18.2 Å². The van der Waals surface area contributed by atoms with Crippen LogP contribution in [0, 0.1) is 0 Å². The number of carboxylic acids is 1. The zero-order chi connectivity index (χ0) is 11.4. The van der Waals surface area contributed by atoms with Gasteiger partial charge in [0.15, 0.2) is 0 Å². The molecule has 80 valence electrons. The molecule has 1 rings (SSSR count). The molecule has 0 aliphatic carbocycles. The number of halogens is 2. The van der Waals surface area contributed by atoms with Crippen LogP contribution in [0.4, 0.5) is 0 Å². The molecular formula is C9H7Br2NO3. The minimum absolute atomic E-state index is 0.386. The molecule has 0 unspecified atom stereocenters. The van der Waals surface area contributed by atoms with Gasteiger partial charge in [-0.15, -0.1) is 0 Å². The zero-order valence-corrected chi connectivity index (χ0v) is 10.6. The third-order valence-electron chi connectivity index (χ3n) is 1.52. The minimum Gasteiger partial charge on any atom is -0.480 e. The van der Waals surface area contributed by atoms with Gasteiger partial charge in [-0.25, -0.2) is 0 Å². The number of hydrogen-bond acceptors (Lipinski definition) is 2. The van der Waals surface area contributed by atoms with E-state index in [9.17, 15) is 9.59 Å². The molecule has 0 saturated carbocycles. The lowest BCUT2D eigenvalue weighted by Gasteiger charge is -2.03. The third kappa shape index (κ3) is 4.01. The first kappa shape index (κ1) is 12.2. The van der Waals surface area contributed by atoms with Crippen molar-refractivity contribution in [3.8, 4) is 0 Å². The molecule has 0 aromatic heterocycles. The normalized spacial score (nSPS) is 9.73. The first-order valence-electron chi connectivity index (χ1n) is 3.95. The Morgan fingerprint density at radius 3 is 2.20 bits per heavy atom. The van der Waals surface area contributed by atoms with E-state index in [0.29, 0.717) is 5.56 Å². The minimum atomic E-state index is -1.07. The SMILES string of the molecule is O=C(O)CNC(=O)c1cc(Br)cc(Br)c1. The summed E-state index contributed by atoms with van der Waals surface area (Å²) in [6.07, 6.45) is 0. The maximum Gasteiger partial charge on any atom is 0.322 e. The maximum absolute atomic E-state index is 11.4. The van der Waals surface area contributed by atoms with Gasteiger partial charge in [-0.05, 0) is 18.2 Å². The molecule has 4 nitrogen and oxygen atoms in total. The molecule has 0 bridgehead atoms. The summed E-state index contributed by atoms with van der Waals surface area (Å²) >= 11 is 6.47. The Morgan fingerprint density at radius 1 is 1.20 bits per heavy atom. The van der Waals surface area contributed by atoms with E-state index in [0.717, 1.165) is 8.95 Å². The Bertz CT molecular complexity index is 386. The van der Waals surface area contributed by atoms with Crippen LogP contribution in [-0.2, 0) is 4.79 Å². The van der Waals surface area contributed by atoms with Gasteiger partial charge < -0.3 is 10.4 Å². The lowest BCUT2D eigenvalue weighted by Crippen LogP contribution is -2.29. The number of carbonyl (C=O) groups excluding carboxylic acids is 1. The van der Waals surface area contributed by atoms with Crippen molar-refractivity contribution < 1.29 is 14.7 Å². The molecule has 2 N–H and O–H groups in total. The van der Waals surface area contributed by atoms with Crippen molar-refractivity contribution >= 4 is 43.7 Å². The van der Waals surface area contributed by atoms with E-state index in [-0.39, 0.29) is 6.54 Å². The second kappa shape index (κ2) is 5.27. The Hall–Kier alpha value is -0.880. The van der Waals surface area contributed by atoms with Gasteiger partial charge in [0, 0.05) is 14.5 Å². The summed E-state index contributed by atoms with van der Waals surface area (Å²) in [5.74, 6) is -1.49. The van der Waals surface area contributed by atoms with Crippen molar-refractivity contribution in [1.82, 2.24) is 5.32 Å². The van der Waals surface area contributed by atoms with Crippen molar-refractivity contribution in [1.29, 1.82) is 0 Å². The van der Waals surface area contributed by atoms with Gasteiger partial charge in [0.25, 0.3) is 5.91 Å². The van der Waals surface area contributed by atoms with Gasteiger partial charge in [-0.3, -0.25) is 9.59 Å². The van der Waals surface area contributed by atoms with Crippen LogP contribution in [0.3, 0.4) is 0 Å². The van der Waals surface area contributed by atoms with Gasteiger partial charge in [-0.1, -0.05) is 31.9 Å². The van der Waals surface area contributed by atoms with Crippen molar-refractivity contribution in [3.63, 3.8) is 0 Å². The van der Waals surface area contributed by atoms with E-state index in [1.165, 1.54) is 0 Å². The highest BCUT2D eigenvalue weighted by molar-refractivity contribution is 9.11. The molecule has 0 fully saturated rings. The van der Waals surface area contributed by atoms with Crippen LogP contribution in [0.5, 0.6) is 0 Å². The van der Waals surface area contributed by atoms with Crippen molar-refractivity contribution in [2.45, 2.75) is 0 Å². The van der Waals surface area contributed by atoms with Crippen LogP contribution in [-0.4, -0.2) is 23.5 Å². The standard InChI is InChI=1S/C9H7Br2NO3/c10-6-1-5(2-7(11)3-6)9(15)12-4-8(13)14/h1-3H,4H2,(H,12,15)(H,13,14). The van der Waals surface area contributed by atoms with Crippen molar-refractivity contribution in [3.05, 3.63) is 32.7 Å². The molecule has 0 heterocycles. The summed E-state index contributed by atoms with van der Waals surface area (Å²) in [6.45, 7) is -0.386. The smallest absolute Gasteiger partial charge is 0.322 e. The summed E-state index contributed by atoms with van der Waals surface area (Å²) in [5.41, 5.74) is 0.400. The van der Waals surface area contributed by atoms with E-state index >= 15 is 0 Å². The number of amides is 1. The summed E-state index contributed by atoms with van der Waals surface area (Å²) < 4.78 is 1.50. The molecule has 0 radical (unpaired) electrons. The molecule has 0 aliphatic heterocycles. The van der Waals surface area contributed by atoms with Gasteiger partial charge in [-0.2, -0.15) is 0 Å². The maximum atomic E-state index is 11.4. The predicted octanol–water partition coefficient (Wildman–Crippen LogP) is 2.03. The quantitative estimate of drug-likeness (QED) is 0.887. The average Bonchev–Trinajstić information content (AvgIpc) is 2.12. The number of hydrogen-bond donors (Lipinski definition) is 2. The van der Waals surface area contributed by atoms with Crippen LogP contribution in [0.15, 0.2) is 27.1 Å². The van der Waals surface area contributed by atoms with Crippen LogP contribution < -0.4 is 5.32 Å². The number of nitrogens with one attached hydrogen (secondary N) is 1. The Labute approximate surface area is 103 Å². The Kier molecular flexibility index (Phi) is 4.28. The van der Waals surface area contributed by atoms with Gasteiger partial charge in [0.1, 0.15) is 6.54 Å². The number of rotatable bonds is 3. The van der Waals surface area contributed by atoms with Crippen molar-refractivity contribution in [2.75, 3.05) is 6.54 Å². The fourth-order valence-corrected chi connectivity index (χ4v) is 2.24. The molecular weight excluding hydrogens is 330 g/mol. The molecule has 0 aliphatic rings. The molecule has 15 heavy (non-hydrogen) atoms. The molecule has 0 spiro atoms. The number of carboxylic acid groups (broad SMARTS) is 1. The Balaban J connectivity index is 2.77. The lowest BCUT2D eigenvalue weighted by atomic mass is 10.2. The molecule has 1 amide bonds. The number of carbonyl (C=O) groups is 2.